The Morgan fingerprint density at radius 1 is 1.48 bits per heavy atom. The van der Waals surface area contributed by atoms with Crippen LogP contribution in [-0.4, -0.2) is 35.8 Å². The van der Waals surface area contributed by atoms with Crippen LogP contribution in [0, 0.1) is 0 Å². The number of nitrogens with one attached hydrogen (secondary N) is 2. The van der Waals surface area contributed by atoms with Crippen molar-refractivity contribution in [3.05, 3.63) is 16.6 Å². The van der Waals surface area contributed by atoms with Gasteiger partial charge in [-0.25, -0.2) is 9.78 Å². The van der Waals surface area contributed by atoms with Gasteiger partial charge in [0.15, 0.2) is 0 Å². The normalized spacial score (nSPS) is 25.0. The number of carbonyl (C=O) groups is 1. The molecule has 2 amide bonds. The van der Waals surface area contributed by atoms with E-state index in [1.54, 1.807) is 11.3 Å². The van der Waals surface area contributed by atoms with Crippen molar-refractivity contribution in [1.82, 2.24) is 15.6 Å². The zero-order chi connectivity index (χ0) is 16.1. The Balaban J connectivity index is 1.44. The molecule has 5 nitrogen and oxygen atoms in total. The van der Waals surface area contributed by atoms with Crippen LogP contribution < -0.4 is 10.6 Å². The van der Waals surface area contributed by atoms with E-state index in [-0.39, 0.29) is 23.6 Å². The summed E-state index contributed by atoms with van der Waals surface area (Å²) < 4.78 is 6.09. The molecule has 1 saturated carbocycles. The smallest absolute Gasteiger partial charge is 0.315 e. The Hall–Kier alpha value is -1.14. The Bertz CT molecular complexity index is 494. The molecule has 2 atom stereocenters. The van der Waals surface area contributed by atoms with Crippen molar-refractivity contribution in [3.63, 3.8) is 0 Å². The molecule has 2 aliphatic rings. The summed E-state index contributed by atoms with van der Waals surface area (Å²) in [5, 5.41) is 9.17. The predicted octanol–water partition coefficient (Wildman–Crippen LogP) is 3.43. The van der Waals surface area contributed by atoms with Gasteiger partial charge in [-0.2, -0.15) is 0 Å². The van der Waals surface area contributed by atoms with Crippen molar-refractivity contribution < 1.29 is 9.53 Å². The van der Waals surface area contributed by atoms with Crippen LogP contribution in [0.1, 0.15) is 62.8 Å². The Morgan fingerprint density at radius 2 is 2.30 bits per heavy atom. The average molecular weight is 337 g/mol. The molecule has 1 aliphatic heterocycles. The fraction of sp³-hybridized carbons (Fsp3) is 0.765. The van der Waals surface area contributed by atoms with Gasteiger partial charge in [-0.1, -0.05) is 26.2 Å². The molecule has 0 unspecified atom stereocenters. The molecule has 2 heterocycles. The number of rotatable bonds is 4. The average Bonchev–Trinajstić information content (AvgIpc) is 3.08. The van der Waals surface area contributed by atoms with Crippen molar-refractivity contribution in [2.24, 2.45) is 0 Å². The fourth-order valence-electron chi connectivity index (χ4n) is 3.74. The van der Waals surface area contributed by atoms with E-state index in [2.05, 4.69) is 22.5 Å². The Kier molecular flexibility index (Phi) is 5.54. The van der Waals surface area contributed by atoms with Crippen LogP contribution in [0.3, 0.4) is 0 Å². The van der Waals surface area contributed by atoms with E-state index >= 15 is 0 Å². The summed E-state index contributed by atoms with van der Waals surface area (Å²) in [6.07, 6.45) is 9.80. The van der Waals surface area contributed by atoms with Gasteiger partial charge in [0.1, 0.15) is 0 Å². The highest BCUT2D eigenvalue weighted by Crippen LogP contribution is 2.38. The molecular formula is C17H27N3O2S. The van der Waals surface area contributed by atoms with Gasteiger partial charge >= 0.3 is 6.03 Å². The van der Waals surface area contributed by atoms with Gasteiger partial charge in [-0.05, 0) is 25.7 Å². The maximum Gasteiger partial charge on any atom is 0.315 e. The highest BCUT2D eigenvalue weighted by Gasteiger charge is 2.38. The second-order valence-corrected chi connectivity index (χ2v) is 7.83. The molecule has 23 heavy (non-hydrogen) atoms. The van der Waals surface area contributed by atoms with Gasteiger partial charge < -0.3 is 15.4 Å². The molecule has 0 aromatic carbocycles. The minimum Gasteiger partial charge on any atom is -0.375 e. The van der Waals surface area contributed by atoms with Crippen LogP contribution >= 0.6 is 11.3 Å². The molecule has 6 heteroatoms. The number of thiazole rings is 1. The van der Waals surface area contributed by atoms with E-state index < -0.39 is 0 Å². The SMILES string of the molecule is C[C@H](CNC(=O)N[C@H]1CCOC2(CCCCC2)C1)c1nccs1. The first kappa shape index (κ1) is 16.7. The lowest BCUT2D eigenvalue weighted by Crippen LogP contribution is -2.51. The molecule has 0 radical (unpaired) electrons. The standard InChI is InChI=1S/C17H27N3O2S/c1-13(15-18-8-10-23-15)12-19-16(21)20-14-5-9-22-17(11-14)6-3-2-4-7-17/h8,10,13-14H,2-7,9,11-12H2,1H3,(H2,19,20,21)/t13-,14+/m1/s1. The first-order valence-corrected chi connectivity index (χ1v) is 9.63. The minimum absolute atomic E-state index is 0.0304. The predicted molar refractivity (Wildman–Crippen MR) is 91.9 cm³/mol. The second kappa shape index (κ2) is 7.62. The van der Waals surface area contributed by atoms with Crippen molar-refractivity contribution in [2.75, 3.05) is 13.2 Å². The summed E-state index contributed by atoms with van der Waals surface area (Å²) in [6, 6.07) is 0.170. The number of carbonyl (C=O) groups excluding carboxylic acids is 1. The van der Waals surface area contributed by atoms with E-state index in [1.165, 1.54) is 19.3 Å². The molecule has 1 aromatic rings. The molecule has 128 valence electrons. The van der Waals surface area contributed by atoms with Gasteiger partial charge in [-0.15, -0.1) is 11.3 Å². The summed E-state index contributed by atoms with van der Waals surface area (Å²) in [7, 11) is 0. The molecule has 1 spiro atoms. The maximum atomic E-state index is 12.2. The topological polar surface area (TPSA) is 63.2 Å². The monoisotopic (exact) mass is 337 g/mol. The number of amides is 2. The van der Waals surface area contributed by atoms with Crippen LogP contribution in [0.2, 0.25) is 0 Å². The quantitative estimate of drug-likeness (QED) is 0.885. The van der Waals surface area contributed by atoms with Crippen LogP contribution in [0.25, 0.3) is 0 Å². The summed E-state index contributed by atoms with van der Waals surface area (Å²) in [5.41, 5.74) is 0.0304. The molecule has 0 bridgehead atoms. The summed E-state index contributed by atoms with van der Waals surface area (Å²) in [6.45, 7) is 3.47. The van der Waals surface area contributed by atoms with Crippen LogP contribution in [-0.2, 0) is 4.74 Å². The van der Waals surface area contributed by atoms with Gasteiger partial charge in [0.25, 0.3) is 0 Å². The van der Waals surface area contributed by atoms with Crippen molar-refractivity contribution in [2.45, 2.75) is 69.4 Å². The summed E-state index contributed by atoms with van der Waals surface area (Å²) in [5.74, 6) is 0.250. The molecule has 1 aromatic heterocycles. The van der Waals surface area contributed by atoms with E-state index in [0.29, 0.717) is 6.54 Å². The molecule has 1 saturated heterocycles. The lowest BCUT2D eigenvalue weighted by molar-refractivity contribution is -0.107. The highest BCUT2D eigenvalue weighted by molar-refractivity contribution is 7.09. The first-order chi connectivity index (χ1) is 11.2. The van der Waals surface area contributed by atoms with E-state index in [9.17, 15) is 4.79 Å². The fourth-order valence-corrected chi connectivity index (χ4v) is 4.44. The largest absolute Gasteiger partial charge is 0.375 e. The van der Waals surface area contributed by atoms with Gasteiger partial charge in [0.2, 0.25) is 0 Å². The van der Waals surface area contributed by atoms with Gasteiger partial charge in [0, 0.05) is 36.7 Å². The maximum absolute atomic E-state index is 12.2. The zero-order valence-electron chi connectivity index (χ0n) is 13.8. The zero-order valence-corrected chi connectivity index (χ0v) is 14.7. The van der Waals surface area contributed by atoms with Crippen LogP contribution in [0.15, 0.2) is 11.6 Å². The minimum atomic E-state index is -0.0636. The molecule has 2 fully saturated rings. The number of nitrogens with zero attached hydrogens (tertiary/aromatic N) is 1. The van der Waals surface area contributed by atoms with E-state index in [0.717, 1.165) is 37.3 Å². The number of hydrogen-bond acceptors (Lipinski definition) is 4. The number of urea groups is 1. The highest BCUT2D eigenvalue weighted by atomic mass is 32.1. The van der Waals surface area contributed by atoms with Crippen molar-refractivity contribution in [3.8, 4) is 0 Å². The van der Waals surface area contributed by atoms with Gasteiger partial charge in [0.05, 0.1) is 10.6 Å². The molecule has 2 N–H and O–H groups in total. The summed E-state index contributed by atoms with van der Waals surface area (Å²) >= 11 is 1.63. The van der Waals surface area contributed by atoms with Crippen molar-refractivity contribution >= 4 is 17.4 Å². The number of ether oxygens (including phenoxy) is 1. The third-order valence-electron chi connectivity index (χ3n) is 5.03. The third kappa shape index (κ3) is 4.44. The molecular weight excluding hydrogens is 310 g/mol. The second-order valence-electron chi connectivity index (χ2n) is 6.91. The van der Waals surface area contributed by atoms with E-state index in [1.807, 2.05) is 11.6 Å². The van der Waals surface area contributed by atoms with Crippen molar-refractivity contribution in [1.29, 1.82) is 0 Å². The molecule has 3 rings (SSSR count). The molecule has 1 aliphatic carbocycles. The van der Waals surface area contributed by atoms with Crippen LogP contribution in [0.4, 0.5) is 4.79 Å². The van der Waals surface area contributed by atoms with Gasteiger partial charge in [-0.3, -0.25) is 0 Å². The Labute approximate surface area is 142 Å². The third-order valence-corrected chi connectivity index (χ3v) is 6.04. The number of hydrogen-bond donors (Lipinski definition) is 2. The van der Waals surface area contributed by atoms with E-state index in [4.69, 9.17) is 4.74 Å². The lowest BCUT2D eigenvalue weighted by atomic mass is 9.78. The Morgan fingerprint density at radius 3 is 3.04 bits per heavy atom. The summed E-state index contributed by atoms with van der Waals surface area (Å²) in [4.78, 5) is 16.5. The van der Waals surface area contributed by atoms with Crippen LogP contribution in [0.5, 0.6) is 0 Å². The number of aromatic nitrogens is 1. The first-order valence-electron chi connectivity index (χ1n) is 8.75. The lowest BCUT2D eigenvalue weighted by Gasteiger charge is -2.43.